The Hall–Kier alpha value is -0.610. The minimum Gasteiger partial charge on any atom is -0.354 e. The van der Waals surface area contributed by atoms with Gasteiger partial charge in [-0.1, -0.05) is 26.7 Å². The summed E-state index contributed by atoms with van der Waals surface area (Å²) in [6, 6.07) is -0.0381. The van der Waals surface area contributed by atoms with Crippen LogP contribution >= 0.6 is 0 Å². The maximum Gasteiger partial charge on any atom is 0.221 e. The summed E-state index contributed by atoms with van der Waals surface area (Å²) >= 11 is 0. The molecule has 0 spiro atoms. The van der Waals surface area contributed by atoms with E-state index in [9.17, 15) is 4.79 Å². The number of nitrogens with two attached hydrogens (primary N) is 1. The average Bonchev–Trinajstić information content (AvgIpc) is 2.76. The fraction of sp³-hybridized carbons (Fsp3) is 0.929. The van der Waals surface area contributed by atoms with Gasteiger partial charge in [0, 0.05) is 24.5 Å². The SMILES string of the molecule is CC(C)C(N)CC(=O)NCC1(N(C)C)CCCC1. The first-order valence-electron chi connectivity index (χ1n) is 7.07. The molecule has 1 aliphatic carbocycles. The zero-order valence-electron chi connectivity index (χ0n) is 12.3. The van der Waals surface area contributed by atoms with Gasteiger partial charge in [-0.25, -0.2) is 0 Å². The van der Waals surface area contributed by atoms with Gasteiger partial charge in [-0.05, 0) is 32.9 Å². The van der Waals surface area contributed by atoms with Crippen LogP contribution in [-0.4, -0.2) is 43.0 Å². The monoisotopic (exact) mass is 255 g/mol. The Kier molecular flexibility index (Phi) is 5.60. The average molecular weight is 255 g/mol. The first-order chi connectivity index (χ1) is 8.37. The Morgan fingerprint density at radius 2 is 1.89 bits per heavy atom. The van der Waals surface area contributed by atoms with E-state index in [-0.39, 0.29) is 17.5 Å². The predicted octanol–water partition coefficient (Wildman–Crippen LogP) is 1.35. The lowest BCUT2D eigenvalue weighted by molar-refractivity contribution is -0.122. The highest BCUT2D eigenvalue weighted by Gasteiger charge is 2.36. The van der Waals surface area contributed by atoms with E-state index in [1.165, 1.54) is 25.7 Å². The summed E-state index contributed by atoms with van der Waals surface area (Å²) in [5.41, 5.74) is 6.09. The third-order valence-electron chi connectivity index (χ3n) is 4.37. The fourth-order valence-corrected chi connectivity index (χ4v) is 2.60. The van der Waals surface area contributed by atoms with E-state index in [4.69, 9.17) is 5.73 Å². The number of hydrogen-bond donors (Lipinski definition) is 2. The van der Waals surface area contributed by atoms with E-state index in [1.54, 1.807) is 0 Å². The lowest BCUT2D eigenvalue weighted by atomic mass is 9.95. The second kappa shape index (κ2) is 6.53. The summed E-state index contributed by atoms with van der Waals surface area (Å²) in [4.78, 5) is 14.1. The number of carbonyl (C=O) groups is 1. The minimum atomic E-state index is -0.0381. The molecule has 0 aromatic heterocycles. The summed E-state index contributed by atoms with van der Waals surface area (Å²) in [5.74, 6) is 0.439. The van der Waals surface area contributed by atoms with Crippen molar-refractivity contribution in [3.05, 3.63) is 0 Å². The molecule has 18 heavy (non-hydrogen) atoms. The Balaban J connectivity index is 2.41. The topological polar surface area (TPSA) is 58.4 Å². The first-order valence-corrected chi connectivity index (χ1v) is 7.07. The number of likely N-dealkylation sites (N-methyl/N-ethyl adjacent to an activating group) is 1. The lowest BCUT2D eigenvalue weighted by Gasteiger charge is -2.36. The molecule has 1 aliphatic rings. The molecule has 0 aromatic carbocycles. The van der Waals surface area contributed by atoms with Crippen molar-refractivity contribution in [1.82, 2.24) is 10.2 Å². The van der Waals surface area contributed by atoms with E-state index in [1.807, 2.05) is 0 Å². The summed E-state index contributed by atoms with van der Waals surface area (Å²) in [6.07, 6.45) is 5.31. The molecule has 1 rings (SSSR count). The molecule has 1 fully saturated rings. The Bertz CT molecular complexity index is 270. The predicted molar refractivity (Wildman–Crippen MR) is 75.3 cm³/mol. The van der Waals surface area contributed by atoms with E-state index in [2.05, 4.69) is 38.2 Å². The highest BCUT2D eigenvalue weighted by Crippen LogP contribution is 2.33. The molecule has 1 atom stereocenters. The van der Waals surface area contributed by atoms with Gasteiger partial charge in [-0.15, -0.1) is 0 Å². The zero-order chi connectivity index (χ0) is 13.8. The minimum absolute atomic E-state index is 0.0381. The number of amides is 1. The Labute approximate surface area is 111 Å². The van der Waals surface area contributed by atoms with Gasteiger partial charge in [-0.2, -0.15) is 0 Å². The lowest BCUT2D eigenvalue weighted by Crippen LogP contribution is -2.51. The Morgan fingerprint density at radius 3 is 2.33 bits per heavy atom. The van der Waals surface area contributed by atoms with Crippen molar-refractivity contribution < 1.29 is 4.79 Å². The van der Waals surface area contributed by atoms with Gasteiger partial charge in [0.2, 0.25) is 5.91 Å². The van der Waals surface area contributed by atoms with Gasteiger partial charge in [0.15, 0.2) is 0 Å². The van der Waals surface area contributed by atoms with Crippen LogP contribution in [0.5, 0.6) is 0 Å². The highest BCUT2D eigenvalue weighted by atomic mass is 16.1. The van der Waals surface area contributed by atoms with Crippen LogP contribution in [0.1, 0.15) is 46.0 Å². The molecule has 0 bridgehead atoms. The van der Waals surface area contributed by atoms with Crippen molar-refractivity contribution in [3.63, 3.8) is 0 Å². The van der Waals surface area contributed by atoms with Gasteiger partial charge >= 0.3 is 0 Å². The zero-order valence-corrected chi connectivity index (χ0v) is 12.3. The van der Waals surface area contributed by atoms with Crippen LogP contribution in [0.25, 0.3) is 0 Å². The second-order valence-electron chi connectivity index (χ2n) is 6.21. The molecule has 1 saturated carbocycles. The van der Waals surface area contributed by atoms with Crippen molar-refractivity contribution in [2.45, 2.75) is 57.5 Å². The molecule has 0 heterocycles. The molecule has 0 saturated heterocycles. The Morgan fingerprint density at radius 1 is 1.33 bits per heavy atom. The molecule has 0 aromatic rings. The van der Waals surface area contributed by atoms with Crippen LogP contribution in [-0.2, 0) is 4.79 Å². The molecule has 3 N–H and O–H groups in total. The number of carbonyl (C=O) groups excluding carboxylic acids is 1. The fourth-order valence-electron chi connectivity index (χ4n) is 2.60. The van der Waals surface area contributed by atoms with Crippen LogP contribution in [0.15, 0.2) is 0 Å². The smallest absolute Gasteiger partial charge is 0.221 e. The largest absolute Gasteiger partial charge is 0.354 e. The van der Waals surface area contributed by atoms with E-state index >= 15 is 0 Å². The summed E-state index contributed by atoms with van der Waals surface area (Å²) in [6.45, 7) is 4.86. The van der Waals surface area contributed by atoms with Crippen molar-refractivity contribution in [2.75, 3.05) is 20.6 Å². The van der Waals surface area contributed by atoms with Crippen molar-refractivity contribution in [3.8, 4) is 0 Å². The molecule has 1 amide bonds. The number of hydrogen-bond acceptors (Lipinski definition) is 3. The third kappa shape index (κ3) is 3.95. The summed E-state index contributed by atoms with van der Waals surface area (Å²) < 4.78 is 0. The number of nitrogens with zero attached hydrogens (tertiary/aromatic N) is 1. The van der Waals surface area contributed by atoms with Crippen LogP contribution in [0.2, 0.25) is 0 Å². The molecule has 4 nitrogen and oxygen atoms in total. The first kappa shape index (κ1) is 15.4. The third-order valence-corrected chi connectivity index (χ3v) is 4.37. The van der Waals surface area contributed by atoms with E-state index in [0.717, 1.165) is 6.54 Å². The second-order valence-corrected chi connectivity index (χ2v) is 6.21. The van der Waals surface area contributed by atoms with Gasteiger partial charge < -0.3 is 16.0 Å². The normalized spacial score (nSPS) is 20.4. The highest BCUT2D eigenvalue weighted by molar-refractivity contribution is 5.76. The standard InChI is InChI=1S/C14H29N3O/c1-11(2)12(15)9-13(18)16-10-14(17(3)4)7-5-6-8-14/h11-12H,5-10,15H2,1-4H3,(H,16,18). The van der Waals surface area contributed by atoms with Crippen LogP contribution in [0, 0.1) is 5.92 Å². The summed E-state index contributed by atoms with van der Waals surface area (Å²) in [7, 11) is 4.22. The van der Waals surface area contributed by atoms with Crippen LogP contribution in [0.4, 0.5) is 0 Å². The number of nitrogens with one attached hydrogen (secondary N) is 1. The molecular formula is C14H29N3O. The molecule has 0 radical (unpaired) electrons. The summed E-state index contributed by atoms with van der Waals surface area (Å²) in [5, 5.41) is 3.07. The van der Waals surface area contributed by atoms with Crippen molar-refractivity contribution in [1.29, 1.82) is 0 Å². The molecule has 106 valence electrons. The van der Waals surface area contributed by atoms with Crippen molar-refractivity contribution >= 4 is 5.91 Å². The quantitative estimate of drug-likeness (QED) is 0.753. The van der Waals surface area contributed by atoms with E-state index < -0.39 is 0 Å². The number of rotatable bonds is 6. The molecule has 1 unspecified atom stereocenters. The van der Waals surface area contributed by atoms with Gasteiger partial charge in [0.25, 0.3) is 0 Å². The molecule has 4 heteroatoms. The van der Waals surface area contributed by atoms with Crippen LogP contribution in [0.3, 0.4) is 0 Å². The molecular weight excluding hydrogens is 226 g/mol. The maximum absolute atomic E-state index is 11.9. The van der Waals surface area contributed by atoms with Crippen molar-refractivity contribution in [2.24, 2.45) is 11.7 Å². The van der Waals surface area contributed by atoms with Gasteiger partial charge in [-0.3, -0.25) is 4.79 Å². The van der Waals surface area contributed by atoms with E-state index in [0.29, 0.717) is 12.3 Å². The maximum atomic E-state index is 11.9. The van der Waals surface area contributed by atoms with Crippen LogP contribution < -0.4 is 11.1 Å². The molecule has 0 aliphatic heterocycles. The van der Waals surface area contributed by atoms with Gasteiger partial charge in [0.1, 0.15) is 0 Å². The van der Waals surface area contributed by atoms with Gasteiger partial charge in [0.05, 0.1) is 0 Å².